The monoisotopic (exact) mass is 283 g/mol. The summed E-state index contributed by atoms with van der Waals surface area (Å²) in [5.74, 6) is -0.483. The maximum Gasteiger partial charge on any atom is 0.377 e. The van der Waals surface area contributed by atoms with Gasteiger partial charge in [-0.2, -0.15) is 0 Å². The molecule has 0 aliphatic rings. The summed E-state index contributed by atoms with van der Waals surface area (Å²) in [6, 6.07) is 9.08. The van der Waals surface area contributed by atoms with Crippen LogP contribution in [-0.4, -0.2) is 21.1 Å². The average Bonchev–Trinajstić information content (AvgIpc) is 2.91. The highest BCUT2D eigenvalue weighted by Gasteiger charge is 2.14. The second-order valence-electron chi connectivity index (χ2n) is 4.65. The van der Waals surface area contributed by atoms with Crippen molar-refractivity contribution < 1.29 is 14.1 Å². The van der Waals surface area contributed by atoms with Crippen molar-refractivity contribution in [3.05, 3.63) is 53.2 Å². The second kappa shape index (κ2) is 5.32. The maximum absolute atomic E-state index is 11.8. The van der Waals surface area contributed by atoms with E-state index in [2.05, 4.69) is 15.1 Å². The van der Waals surface area contributed by atoms with Gasteiger partial charge in [-0.3, -0.25) is 0 Å². The van der Waals surface area contributed by atoms with Gasteiger partial charge in [0.1, 0.15) is 6.61 Å². The molecule has 0 fully saturated rings. The van der Waals surface area contributed by atoms with E-state index in [0.717, 1.165) is 16.7 Å². The van der Waals surface area contributed by atoms with Crippen LogP contribution in [0.15, 0.2) is 34.9 Å². The molecule has 0 amide bonds. The van der Waals surface area contributed by atoms with Gasteiger partial charge in [-0.1, -0.05) is 17.3 Å². The highest BCUT2D eigenvalue weighted by molar-refractivity contribution is 5.86. The lowest BCUT2D eigenvalue weighted by Gasteiger charge is -2.06. The SMILES string of the molecule is Cc1cc(C(=O)OCc2nc3ccccc3nc2C)on1. The molecule has 1 aromatic carbocycles. The molecule has 106 valence electrons. The van der Waals surface area contributed by atoms with Gasteiger partial charge in [0.05, 0.1) is 28.1 Å². The third-order valence-electron chi connectivity index (χ3n) is 3.01. The lowest BCUT2D eigenvalue weighted by atomic mass is 10.2. The number of rotatable bonds is 3. The smallest absolute Gasteiger partial charge is 0.377 e. The predicted molar refractivity (Wildman–Crippen MR) is 74.6 cm³/mol. The highest BCUT2D eigenvalue weighted by Crippen LogP contribution is 2.14. The first-order valence-corrected chi connectivity index (χ1v) is 6.46. The van der Waals surface area contributed by atoms with Crippen LogP contribution in [-0.2, 0) is 11.3 Å². The molecule has 0 N–H and O–H groups in total. The number of fused-ring (bicyclic) bond motifs is 1. The molecule has 0 aliphatic heterocycles. The zero-order valence-corrected chi connectivity index (χ0v) is 11.7. The van der Waals surface area contributed by atoms with Gasteiger partial charge in [0.2, 0.25) is 5.76 Å². The molecular formula is C15H13N3O3. The van der Waals surface area contributed by atoms with Gasteiger partial charge in [-0.05, 0) is 26.0 Å². The van der Waals surface area contributed by atoms with Gasteiger partial charge >= 0.3 is 5.97 Å². The minimum atomic E-state index is -0.565. The van der Waals surface area contributed by atoms with Crippen molar-refractivity contribution in [3.8, 4) is 0 Å². The zero-order chi connectivity index (χ0) is 14.8. The van der Waals surface area contributed by atoms with Gasteiger partial charge in [0.15, 0.2) is 0 Å². The van der Waals surface area contributed by atoms with E-state index in [1.807, 2.05) is 31.2 Å². The van der Waals surface area contributed by atoms with Crippen molar-refractivity contribution in [2.75, 3.05) is 0 Å². The van der Waals surface area contributed by atoms with E-state index in [1.54, 1.807) is 6.92 Å². The number of ether oxygens (including phenoxy) is 1. The van der Waals surface area contributed by atoms with Crippen molar-refractivity contribution >= 4 is 17.0 Å². The van der Waals surface area contributed by atoms with Crippen LogP contribution in [0.3, 0.4) is 0 Å². The first-order valence-electron chi connectivity index (χ1n) is 6.46. The number of hydrogen-bond donors (Lipinski definition) is 0. The zero-order valence-electron chi connectivity index (χ0n) is 11.7. The Morgan fingerprint density at radius 1 is 1.19 bits per heavy atom. The van der Waals surface area contributed by atoms with E-state index in [4.69, 9.17) is 9.26 Å². The van der Waals surface area contributed by atoms with E-state index in [0.29, 0.717) is 11.4 Å². The molecule has 0 radical (unpaired) electrons. The molecule has 21 heavy (non-hydrogen) atoms. The molecule has 6 heteroatoms. The number of aromatic nitrogens is 3. The maximum atomic E-state index is 11.8. The average molecular weight is 283 g/mol. The Hall–Kier alpha value is -2.76. The number of carbonyl (C=O) groups excluding carboxylic acids is 1. The number of aryl methyl sites for hydroxylation is 2. The Labute approximate surface area is 120 Å². The molecule has 0 aliphatic carbocycles. The van der Waals surface area contributed by atoms with Crippen molar-refractivity contribution in [1.82, 2.24) is 15.1 Å². The fourth-order valence-corrected chi connectivity index (χ4v) is 1.93. The summed E-state index contributed by atoms with van der Waals surface area (Å²) >= 11 is 0. The second-order valence-corrected chi connectivity index (χ2v) is 4.65. The van der Waals surface area contributed by atoms with Crippen molar-refractivity contribution in [1.29, 1.82) is 0 Å². The van der Waals surface area contributed by atoms with Crippen LogP contribution in [0.25, 0.3) is 11.0 Å². The Bertz CT molecular complexity index is 811. The van der Waals surface area contributed by atoms with Gasteiger partial charge in [0, 0.05) is 6.07 Å². The number of hydrogen-bond acceptors (Lipinski definition) is 6. The Morgan fingerprint density at radius 3 is 2.57 bits per heavy atom. The first kappa shape index (κ1) is 13.2. The van der Waals surface area contributed by atoms with E-state index in [9.17, 15) is 4.79 Å². The molecule has 0 bridgehead atoms. The van der Waals surface area contributed by atoms with E-state index < -0.39 is 5.97 Å². The normalized spacial score (nSPS) is 10.8. The van der Waals surface area contributed by atoms with E-state index in [1.165, 1.54) is 6.07 Å². The summed E-state index contributed by atoms with van der Waals surface area (Å²) in [5.41, 5.74) is 3.57. The predicted octanol–water partition coefficient (Wildman–Crippen LogP) is 2.59. The third kappa shape index (κ3) is 2.74. The third-order valence-corrected chi connectivity index (χ3v) is 3.01. The Kier molecular flexibility index (Phi) is 3.35. The standard InChI is InChI=1S/C15H13N3O3/c1-9-7-14(21-18-9)15(19)20-8-13-10(2)16-11-5-3-4-6-12(11)17-13/h3-7H,8H2,1-2H3. The first-order chi connectivity index (χ1) is 10.1. The number of benzene rings is 1. The van der Waals surface area contributed by atoms with E-state index >= 15 is 0 Å². The quantitative estimate of drug-likeness (QED) is 0.687. The van der Waals surface area contributed by atoms with Crippen LogP contribution in [0, 0.1) is 13.8 Å². The Balaban J connectivity index is 1.78. The number of esters is 1. The Morgan fingerprint density at radius 2 is 1.90 bits per heavy atom. The molecule has 2 heterocycles. The van der Waals surface area contributed by atoms with E-state index in [-0.39, 0.29) is 12.4 Å². The summed E-state index contributed by atoms with van der Waals surface area (Å²) in [4.78, 5) is 20.7. The van der Waals surface area contributed by atoms with Gasteiger partial charge in [0.25, 0.3) is 0 Å². The summed E-state index contributed by atoms with van der Waals surface area (Å²) in [6.45, 7) is 3.61. The van der Waals surface area contributed by atoms with Crippen LogP contribution in [0.1, 0.15) is 27.6 Å². The molecule has 0 unspecified atom stereocenters. The van der Waals surface area contributed by atoms with Crippen LogP contribution in [0.5, 0.6) is 0 Å². The van der Waals surface area contributed by atoms with Gasteiger partial charge < -0.3 is 9.26 Å². The molecule has 3 rings (SSSR count). The highest BCUT2D eigenvalue weighted by atomic mass is 16.6. The lowest BCUT2D eigenvalue weighted by molar-refractivity contribution is 0.0420. The molecule has 0 atom stereocenters. The molecule has 2 aromatic heterocycles. The number of carbonyl (C=O) groups is 1. The molecule has 0 spiro atoms. The van der Waals surface area contributed by atoms with Crippen LogP contribution in [0.4, 0.5) is 0 Å². The van der Waals surface area contributed by atoms with Crippen molar-refractivity contribution in [2.45, 2.75) is 20.5 Å². The minimum Gasteiger partial charge on any atom is -0.453 e. The molecule has 6 nitrogen and oxygen atoms in total. The van der Waals surface area contributed by atoms with Crippen molar-refractivity contribution in [2.24, 2.45) is 0 Å². The summed E-state index contributed by atoms with van der Waals surface area (Å²) in [5, 5.41) is 3.65. The van der Waals surface area contributed by atoms with Crippen LogP contribution < -0.4 is 0 Å². The summed E-state index contributed by atoms with van der Waals surface area (Å²) < 4.78 is 10.0. The summed E-state index contributed by atoms with van der Waals surface area (Å²) in [6.07, 6.45) is 0. The lowest BCUT2D eigenvalue weighted by Crippen LogP contribution is -2.07. The van der Waals surface area contributed by atoms with Gasteiger partial charge in [-0.15, -0.1) is 0 Å². The molecular weight excluding hydrogens is 270 g/mol. The molecule has 0 saturated heterocycles. The minimum absolute atomic E-state index is 0.0439. The topological polar surface area (TPSA) is 78.1 Å². The molecule has 0 saturated carbocycles. The fraction of sp³-hybridized carbons (Fsp3) is 0.200. The van der Waals surface area contributed by atoms with Crippen LogP contribution in [0.2, 0.25) is 0 Å². The fourth-order valence-electron chi connectivity index (χ4n) is 1.93. The molecule has 3 aromatic rings. The summed E-state index contributed by atoms with van der Waals surface area (Å²) in [7, 11) is 0. The number of nitrogens with zero attached hydrogens (tertiary/aromatic N) is 3. The number of para-hydroxylation sites is 2. The van der Waals surface area contributed by atoms with Crippen LogP contribution >= 0.6 is 0 Å². The van der Waals surface area contributed by atoms with Crippen molar-refractivity contribution in [3.63, 3.8) is 0 Å². The largest absolute Gasteiger partial charge is 0.453 e. The van der Waals surface area contributed by atoms with Gasteiger partial charge in [-0.25, -0.2) is 14.8 Å².